The molecule has 7 atom stereocenters. The molecule has 7 N–H and O–H groups in total. The normalized spacial score (nSPS) is 30.9. The number of carboxylic acid groups (broad SMARTS) is 1. The van der Waals surface area contributed by atoms with Crippen molar-refractivity contribution in [3.63, 3.8) is 0 Å². The van der Waals surface area contributed by atoms with Crippen molar-refractivity contribution < 1.29 is 64.3 Å². The molecule has 3 rings (SSSR count). The maximum absolute atomic E-state index is 12.6. The van der Waals surface area contributed by atoms with E-state index >= 15 is 0 Å². The van der Waals surface area contributed by atoms with Crippen molar-refractivity contribution >= 4 is 11.9 Å². The molecule has 204 valence electrons. The highest BCUT2D eigenvalue weighted by Gasteiger charge is 2.46. The fourth-order valence-electron chi connectivity index (χ4n) is 3.99. The van der Waals surface area contributed by atoms with Gasteiger partial charge in [0.1, 0.15) is 30.2 Å². The number of hydrogen-bond acceptors (Lipinski definition) is 12. The van der Waals surface area contributed by atoms with Crippen molar-refractivity contribution in [1.82, 2.24) is 0 Å². The molecule has 1 saturated heterocycles. The van der Waals surface area contributed by atoms with E-state index in [2.05, 4.69) is 0 Å². The van der Waals surface area contributed by atoms with E-state index in [1.165, 1.54) is 18.2 Å². The summed E-state index contributed by atoms with van der Waals surface area (Å²) in [7, 11) is 0. The van der Waals surface area contributed by atoms with Crippen LogP contribution in [0.3, 0.4) is 0 Å². The number of aliphatic hydroxyl groups excluding tert-OH is 5. The van der Waals surface area contributed by atoms with Gasteiger partial charge < -0.3 is 54.7 Å². The molecule has 1 aromatic rings. The third-order valence-electron chi connectivity index (χ3n) is 6.01. The summed E-state index contributed by atoms with van der Waals surface area (Å²) in [5, 5.41) is 68.1. The van der Waals surface area contributed by atoms with Crippen molar-refractivity contribution in [1.29, 1.82) is 0 Å². The molecule has 13 nitrogen and oxygen atoms in total. The maximum atomic E-state index is 12.6. The lowest BCUT2D eigenvalue weighted by Gasteiger charge is -2.41. The first-order valence-electron chi connectivity index (χ1n) is 11.4. The van der Waals surface area contributed by atoms with E-state index in [9.17, 15) is 45.3 Å². The fraction of sp³-hybridized carbons (Fsp3) is 0.500. The molecule has 2 heterocycles. The second-order valence-electron chi connectivity index (χ2n) is 8.46. The summed E-state index contributed by atoms with van der Waals surface area (Å²) < 4.78 is 21.5. The second kappa shape index (κ2) is 13.0. The zero-order chi connectivity index (χ0) is 27.1. The van der Waals surface area contributed by atoms with Gasteiger partial charge in [-0.1, -0.05) is 18.2 Å². The number of aromatic hydroxyl groups is 1. The van der Waals surface area contributed by atoms with Crippen LogP contribution in [0.15, 0.2) is 47.7 Å². The van der Waals surface area contributed by atoms with Crippen LogP contribution in [0.2, 0.25) is 0 Å². The van der Waals surface area contributed by atoms with Crippen molar-refractivity contribution in [2.45, 2.75) is 49.8 Å². The molecule has 0 aromatic heterocycles. The molecule has 0 spiro atoms. The number of carbonyl (C=O) groups is 2. The first kappa shape index (κ1) is 28.5. The van der Waals surface area contributed by atoms with Crippen molar-refractivity contribution in [3.05, 3.63) is 53.3 Å². The highest BCUT2D eigenvalue weighted by molar-refractivity contribution is 5.89. The van der Waals surface area contributed by atoms with Crippen molar-refractivity contribution in [3.8, 4) is 5.75 Å². The number of ether oxygens (including phenoxy) is 4. The van der Waals surface area contributed by atoms with E-state index in [4.69, 9.17) is 18.9 Å². The van der Waals surface area contributed by atoms with Crippen molar-refractivity contribution in [2.24, 2.45) is 5.92 Å². The van der Waals surface area contributed by atoms with E-state index in [1.807, 2.05) is 0 Å². The average Bonchev–Trinajstić information content (AvgIpc) is 2.87. The molecule has 2 aliphatic heterocycles. The number of benzene rings is 1. The molecular weight excluding hydrogens is 496 g/mol. The Kier molecular flexibility index (Phi) is 10.00. The molecule has 0 saturated carbocycles. The topological polar surface area (TPSA) is 213 Å². The summed E-state index contributed by atoms with van der Waals surface area (Å²) in [6.45, 7) is -1.29. The maximum Gasteiger partial charge on any atom is 0.335 e. The Balaban J connectivity index is 1.72. The highest BCUT2D eigenvalue weighted by Crippen LogP contribution is 2.35. The lowest BCUT2D eigenvalue weighted by Crippen LogP contribution is -2.60. The number of rotatable bonds is 10. The number of esters is 1. The Labute approximate surface area is 211 Å². The highest BCUT2D eigenvalue weighted by atomic mass is 16.8. The standard InChI is InChI=1S/C24H30O13/c25-7-5-14-15(9-18(28)34-8-6-12-1-3-13(27)4-2-12)16(22(32)33)11-35-23(14)37-24-21(31)20(30)19(29)17(10-26)36-24/h1-5,11,15,17,19-21,23-27,29-31H,6-10H2,(H,32,33)/t15-,17-,19-,20+,21-,23+,24-/m1/s1. The predicted molar refractivity (Wildman–Crippen MR) is 121 cm³/mol. The quantitative estimate of drug-likeness (QED) is 0.137. The molecule has 0 unspecified atom stereocenters. The van der Waals surface area contributed by atoms with Gasteiger partial charge in [-0.05, 0) is 17.7 Å². The zero-order valence-electron chi connectivity index (χ0n) is 19.6. The Morgan fingerprint density at radius 3 is 2.35 bits per heavy atom. The number of carbonyl (C=O) groups excluding carboxylic acids is 1. The van der Waals surface area contributed by atoms with Gasteiger partial charge in [0, 0.05) is 17.9 Å². The van der Waals surface area contributed by atoms with Gasteiger partial charge in [0.05, 0.1) is 38.1 Å². The van der Waals surface area contributed by atoms with Crippen LogP contribution >= 0.6 is 0 Å². The lowest BCUT2D eigenvalue weighted by molar-refractivity contribution is -0.327. The molecule has 0 radical (unpaired) electrons. The number of aliphatic carboxylic acids is 1. The monoisotopic (exact) mass is 526 g/mol. The number of phenolic OH excluding ortho intramolecular Hbond substituents is 1. The first-order chi connectivity index (χ1) is 17.7. The van der Waals surface area contributed by atoms with E-state index in [0.717, 1.165) is 11.8 Å². The molecule has 0 amide bonds. The second-order valence-corrected chi connectivity index (χ2v) is 8.46. The zero-order valence-corrected chi connectivity index (χ0v) is 19.6. The summed E-state index contributed by atoms with van der Waals surface area (Å²) in [5.41, 5.74) is 0.510. The number of hydrogen-bond donors (Lipinski definition) is 7. The van der Waals surface area contributed by atoms with Crippen LogP contribution in [-0.2, 0) is 35.0 Å². The summed E-state index contributed by atoms with van der Waals surface area (Å²) in [6, 6.07) is 6.31. The molecule has 2 aliphatic rings. The molecule has 0 bridgehead atoms. The first-order valence-corrected chi connectivity index (χ1v) is 11.4. The smallest absolute Gasteiger partial charge is 0.335 e. The molecule has 0 aliphatic carbocycles. The van der Waals surface area contributed by atoms with Crippen molar-refractivity contribution in [2.75, 3.05) is 19.8 Å². The fourth-order valence-corrected chi connectivity index (χ4v) is 3.99. The average molecular weight is 526 g/mol. The van der Waals surface area contributed by atoms with E-state index < -0.39 is 74.5 Å². The largest absolute Gasteiger partial charge is 0.508 e. The van der Waals surface area contributed by atoms with E-state index in [0.29, 0.717) is 6.42 Å². The summed E-state index contributed by atoms with van der Waals surface area (Å²) in [4.78, 5) is 24.4. The van der Waals surface area contributed by atoms with Crippen LogP contribution in [-0.4, -0.2) is 105 Å². The van der Waals surface area contributed by atoms with E-state index in [-0.39, 0.29) is 23.5 Å². The van der Waals surface area contributed by atoms with Gasteiger partial charge in [0.25, 0.3) is 0 Å². The van der Waals surface area contributed by atoms with Gasteiger partial charge in [0.15, 0.2) is 6.29 Å². The van der Waals surface area contributed by atoms with Crippen LogP contribution in [0.25, 0.3) is 0 Å². The number of aliphatic hydroxyl groups is 5. The van der Waals surface area contributed by atoms with Crippen LogP contribution < -0.4 is 0 Å². The minimum atomic E-state index is -1.76. The summed E-state index contributed by atoms with van der Waals surface area (Å²) in [5.74, 6) is -3.18. The molecule has 13 heteroatoms. The van der Waals surface area contributed by atoms with Gasteiger partial charge in [-0.2, -0.15) is 0 Å². The SMILES string of the molecule is O=C(C[C@H]1C(C(=O)O)=CO[C@@H](O[C@H]2O[C@H](CO)[C@@H](O)[C@H](O)[C@H]2O)C1=CCO)OCCc1ccc(O)cc1. The summed E-state index contributed by atoms with van der Waals surface area (Å²) >= 11 is 0. The van der Waals surface area contributed by atoms with Gasteiger partial charge in [-0.3, -0.25) is 4.79 Å². The van der Waals surface area contributed by atoms with Crippen LogP contribution in [0.4, 0.5) is 0 Å². The molecule has 1 fully saturated rings. The third-order valence-corrected chi connectivity index (χ3v) is 6.01. The number of carboxylic acids is 1. The van der Waals surface area contributed by atoms with E-state index in [1.54, 1.807) is 12.1 Å². The Morgan fingerprint density at radius 2 is 1.73 bits per heavy atom. The lowest BCUT2D eigenvalue weighted by atomic mass is 9.86. The van der Waals surface area contributed by atoms with Gasteiger partial charge >= 0.3 is 11.9 Å². The third kappa shape index (κ3) is 7.05. The Bertz CT molecular complexity index is 987. The van der Waals surface area contributed by atoms with Crippen LogP contribution in [0.5, 0.6) is 5.75 Å². The van der Waals surface area contributed by atoms with Crippen LogP contribution in [0.1, 0.15) is 12.0 Å². The van der Waals surface area contributed by atoms with Crippen LogP contribution in [0, 0.1) is 5.92 Å². The van der Waals surface area contributed by atoms with Gasteiger partial charge in [-0.15, -0.1) is 0 Å². The minimum Gasteiger partial charge on any atom is -0.508 e. The molecular formula is C24H30O13. The minimum absolute atomic E-state index is 0.0111. The van der Waals surface area contributed by atoms with Gasteiger partial charge in [-0.25, -0.2) is 4.79 Å². The number of phenols is 1. The molecule has 37 heavy (non-hydrogen) atoms. The molecule has 1 aromatic carbocycles. The van der Waals surface area contributed by atoms with Gasteiger partial charge in [0.2, 0.25) is 6.29 Å². The Morgan fingerprint density at radius 1 is 1.03 bits per heavy atom. The predicted octanol–water partition coefficient (Wildman–Crippen LogP) is -1.46. The Hall–Kier alpha value is -3.04. The summed E-state index contributed by atoms with van der Waals surface area (Å²) in [6.07, 6.45) is -7.49.